The number of hydrogen-bond donors (Lipinski definition) is 3. The zero-order valence-electron chi connectivity index (χ0n) is 24.1. The smallest absolute Gasteiger partial charge is 0.303 e. The van der Waals surface area contributed by atoms with Gasteiger partial charge in [-0.1, -0.05) is 96.1 Å². The van der Waals surface area contributed by atoms with Gasteiger partial charge < -0.3 is 15.3 Å². The van der Waals surface area contributed by atoms with E-state index in [1.54, 1.807) is 5.57 Å². The number of unbranched alkanes of at least 4 members (excludes halogenated alkanes) is 6. The van der Waals surface area contributed by atoms with Gasteiger partial charge in [0.2, 0.25) is 0 Å². The number of hydrogen-bond acceptors (Lipinski definition) is 3. The number of rotatable bonds is 17. The highest BCUT2D eigenvalue weighted by atomic mass is 16.4. The molecule has 0 aromatic rings. The molecule has 0 aromatic heterocycles. The van der Waals surface area contributed by atoms with Crippen LogP contribution in [0.3, 0.4) is 0 Å². The van der Waals surface area contributed by atoms with Crippen LogP contribution in [0.25, 0.3) is 0 Å². The van der Waals surface area contributed by atoms with Crippen molar-refractivity contribution < 1.29 is 20.1 Å². The van der Waals surface area contributed by atoms with Gasteiger partial charge in [0, 0.05) is 6.42 Å². The van der Waals surface area contributed by atoms with Crippen LogP contribution in [0.1, 0.15) is 149 Å². The quantitative estimate of drug-likeness (QED) is 0.133. The first-order valence-electron chi connectivity index (χ1n) is 16.2. The lowest BCUT2D eigenvalue weighted by Crippen LogP contribution is -2.59. The summed E-state index contributed by atoms with van der Waals surface area (Å²) >= 11 is 0. The lowest BCUT2D eigenvalue weighted by atomic mass is 9.40. The molecule has 0 spiro atoms. The number of allylic oxidation sites excluding steroid dienone is 2. The summed E-state index contributed by atoms with van der Waals surface area (Å²) in [7, 11) is 0. The Labute approximate surface area is 227 Å². The number of aliphatic carboxylic acids is 1. The van der Waals surface area contributed by atoms with Crippen molar-refractivity contribution in [3.05, 3.63) is 11.6 Å². The summed E-state index contributed by atoms with van der Waals surface area (Å²) < 4.78 is 0. The lowest BCUT2D eigenvalue weighted by Gasteiger charge is -2.65. The fourth-order valence-electron chi connectivity index (χ4n) is 8.55. The van der Waals surface area contributed by atoms with E-state index in [1.165, 1.54) is 83.5 Å². The molecule has 0 radical (unpaired) electrons. The van der Waals surface area contributed by atoms with Crippen LogP contribution in [-0.4, -0.2) is 33.5 Å². The Balaban J connectivity index is 1.79. The third-order valence-electron chi connectivity index (χ3n) is 10.4. The second-order valence-corrected chi connectivity index (χ2v) is 12.9. The van der Waals surface area contributed by atoms with Gasteiger partial charge in [0.1, 0.15) is 0 Å². The average molecular weight is 519 g/mol. The Kier molecular flexibility index (Phi) is 13.0. The molecule has 0 saturated heterocycles. The first-order valence-corrected chi connectivity index (χ1v) is 16.2. The summed E-state index contributed by atoms with van der Waals surface area (Å²) in [5, 5.41) is 31.7. The van der Waals surface area contributed by atoms with E-state index in [0.717, 1.165) is 38.5 Å². The van der Waals surface area contributed by atoms with Gasteiger partial charge in [0.25, 0.3) is 0 Å². The topological polar surface area (TPSA) is 77.8 Å². The summed E-state index contributed by atoms with van der Waals surface area (Å²) in [6.07, 6.45) is 24.9. The minimum Gasteiger partial charge on any atom is -0.481 e. The standard InChI is InChI=1S/C33H58O4/c1-3-5-7-12-17-26-28(18-14-19-31(36)37)33(23-13-8-6-4-2)24-22-30(35)27(32(26)33)20-21-29(34)25-15-10-9-11-16-25/h18,25-27,29-30,32,34-35H,3-17,19-24H2,1-2H3,(H,36,37)/t26?,27-,29?,30+,32+,33+/m0/s1. The molecule has 0 amide bonds. The van der Waals surface area contributed by atoms with Gasteiger partial charge in [0.05, 0.1) is 12.2 Å². The predicted molar refractivity (Wildman–Crippen MR) is 152 cm³/mol. The van der Waals surface area contributed by atoms with Crippen molar-refractivity contribution >= 4 is 5.97 Å². The second kappa shape index (κ2) is 15.7. The van der Waals surface area contributed by atoms with Crippen LogP contribution < -0.4 is 0 Å². The molecular formula is C33H58O4. The van der Waals surface area contributed by atoms with Crippen LogP contribution in [0.4, 0.5) is 0 Å². The summed E-state index contributed by atoms with van der Waals surface area (Å²) in [5.41, 5.74) is 1.71. The molecule has 3 rings (SSSR count). The summed E-state index contributed by atoms with van der Waals surface area (Å²) in [6.45, 7) is 4.52. The van der Waals surface area contributed by atoms with Crippen LogP contribution >= 0.6 is 0 Å². The summed E-state index contributed by atoms with van der Waals surface area (Å²) in [4.78, 5) is 11.3. The molecule has 0 aliphatic heterocycles. The molecule has 0 heterocycles. The minimum absolute atomic E-state index is 0.154. The van der Waals surface area contributed by atoms with E-state index in [1.807, 2.05) is 0 Å². The Morgan fingerprint density at radius 1 is 0.973 bits per heavy atom. The Morgan fingerprint density at radius 2 is 1.68 bits per heavy atom. The molecule has 3 N–H and O–H groups in total. The lowest BCUT2D eigenvalue weighted by molar-refractivity contribution is -0.136. The van der Waals surface area contributed by atoms with Crippen LogP contribution in [0.15, 0.2) is 11.6 Å². The maximum absolute atomic E-state index is 11.3. The highest BCUT2D eigenvalue weighted by molar-refractivity contribution is 5.66. The summed E-state index contributed by atoms with van der Waals surface area (Å²) in [6, 6.07) is 0. The number of carbonyl (C=O) groups is 1. The summed E-state index contributed by atoms with van der Waals surface area (Å²) in [5.74, 6) is 0.993. The number of carboxylic acids is 1. The van der Waals surface area contributed by atoms with E-state index in [0.29, 0.717) is 24.2 Å². The van der Waals surface area contributed by atoms with Crippen molar-refractivity contribution in [2.24, 2.45) is 29.1 Å². The average Bonchev–Trinajstić information content (AvgIpc) is 2.90. The van der Waals surface area contributed by atoms with Gasteiger partial charge >= 0.3 is 5.97 Å². The molecule has 3 aliphatic carbocycles. The third-order valence-corrected chi connectivity index (χ3v) is 10.4. The molecule has 4 nitrogen and oxygen atoms in total. The molecule has 0 bridgehead atoms. The van der Waals surface area contributed by atoms with E-state index in [-0.39, 0.29) is 30.0 Å². The van der Waals surface area contributed by atoms with Crippen LogP contribution in [-0.2, 0) is 4.79 Å². The van der Waals surface area contributed by atoms with E-state index in [2.05, 4.69) is 19.9 Å². The maximum Gasteiger partial charge on any atom is 0.303 e. The zero-order chi connectivity index (χ0) is 26.7. The predicted octanol–water partition coefficient (Wildman–Crippen LogP) is 8.44. The van der Waals surface area contributed by atoms with Crippen molar-refractivity contribution in [1.82, 2.24) is 0 Å². The Hall–Kier alpha value is -0.870. The first-order chi connectivity index (χ1) is 17.9. The molecule has 2 unspecified atom stereocenters. The first kappa shape index (κ1) is 30.7. The van der Waals surface area contributed by atoms with Crippen LogP contribution in [0.2, 0.25) is 0 Å². The normalized spacial score (nSPS) is 32.2. The largest absolute Gasteiger partial charge is 0.481 e. The Bertz CT molecular complexity index is 696. The fourth-order valence-corrected chi connectivity index (χ4v) is 8.55. The van der Waals surface area contributed by atoms with Gasteiger partial charge in [-0.25, -0.2) is 0 Å². The molecule has 214 valence electrons. The molecule has 37 heavy (non-hydrogen) atoms. The molecular weight excluding hydrogens is 460 g/mol. The van der Waals surface area contributed by atoms with E-state index in [9.17, 15) is 20.1 Å². The van der Waals surface area contributed by atoms with Gasteiger partial charge in [-0.2, -0.15) is 0 Å². The molecule has 4 heteroatoms. The van der Waals surface area contributed by atoms with Crippen LogP contribution in [0.5, 0.6) is 0 Å². The molecule has 3 fully saturated rings. The minimum atomic E-state index is -0.710. The highest BCUT2D eigenvalue weighted by Crippen LogP contribution is 2.68. The van der Waals surface area contributed by atoms with Crippen molar-refractivity contribution in [2.75, 3.05) is 0 Å². The van der Waals surface area contributed by atoms with Crippen LogP contribution in [0, 0.1) is 29.1 Å². The maximum atomic E-state index is 11.3. The van der Waals surface area contributed by atoms with Gasteiger partial charge in [-0.15, -0.1) is 0 Å². The van der Waals surface area contributed by atoms with Crippen molar-refractivity contribution in [1.29, 1.82) is 0 Å². The third kappa shape index (κ3) is 8.07. The molecule has 3 aliphatic rings. The van der Waals surface area contributed by atoms with E-state index < -0.39 is 5.97 Å². The van der Waals surface area contributed by atoms with Gasteiger partial charge in [-0.3, -0.25) is 4.79 Å². The second-order valence-electron chi connectivity index (χ2n) is 12.9. The fraction of sp³-hybridized carbons (Fsp3) is 0.909. The number of carboxylic acid groups (broad SMARTS) is 1. The molecule has 3 saturated carbocycles. The van der Waals surface area contributed by atoms with Gasteiger partial charge in [-0.05, 0) is 86.9 Å². The SMILES string of the molecule is CCCCCCC1C(=CCCC(=O)O)[C@@]2(CCCCCC)CC[C@@H](O)[C@H](CCC(O)C3CCCCC3)[C@@H]12. The van der Waals surface area contributed by atoms with Gasteiger partial charge in [0.15, 0.2) is 0 Å². The van der Waals surface area contributed by atoms with Crippen molar-refractivity contribution in [3.63, 3.8) is 0 Å². The highest BCUT2D eigenvalue weighted by Gasteiger charge is 2.61. The van der Waals surface area contributed by atoms with E-state index >= 15 is 0 Å². The Morgan fingerprint density at radius 3 is 2.35 bits per heavy atom. The number of aliphatic hydroxyl groups excluding tert-OH is 2. The van der Waals surface area contributed by atoms with Crippen molar-refractivity contribution in [3.8, 4) is 0 Å². The number of aliphatic hydroxyl groups is 2. The molecule has 0 aromatic carbocycles. The van der Waals surface area contributed by atoms with E-state index in [4.69, 9.17) is 0 Å². The molecule has 6 atom stereocenters. The number of fused-ring (bicyclic) bond motifs is 1. The monoisotopic (exact) mass is 518 g/mol. The zero-order valence-corrected chi connectivity index (χ0v) is 24.1. The van der Waals surface area contributed by atoms with Crippen molar-refractivity contribution in [2.45, 2.75) is 161 Å².